The van der Waals surface area contributed by atoms with Crippen LogP contribution in [0.2, 0.25) is 0 Å². The third kappa shape index (κ3) is 2.82. The molecule has 0 bridgehead atoms. The normalized spacial score (nSPS) is 20.2. The smallest absolute Gasteiger partial charge is 0.282 e. The molecule has 0 aliphatic carbocycles. The average Bonchev–Trinajstić information content (AvgIpc) is 2.84. The van der Waals surface area contributed by atoms with Crippen LogP contribution in [-0.2, 0) is 0 Å². The van der Waals surface area contributed by atoms with Crippen LogP contribution in [0.3, 0.4) is 0 Å². The maximum atomic E-state index is 14.2. The summed E-state index contributed by atoms with van der Waals surface area (Å²) in [5, 5.41) is 16.3. The molecule has 1 fully saturated rings. The Morgan fingerprint density at radius 1 is 1.39 bits per heavy atom. The number of nitrogens with two attached hydrogens (primary N) is 1. The highest BCUT2D eigenvalue weighted by Crippen LogP contribution is 2.38. The van der Waals surface area contributed by atoms with E-state index >= 15 is 0 Å². The lowest BCUT2D eigenvalue weighted by molar-refractivity contribution is -0.0689. The van der Waals surface area contributed by atoms with E-state index in [2.05, 4.69) is 26.3 Å². The van der Waals surface area contributed by atoms with Crippen molar-refractivity contribution in [3.63, 3.8) is 0 Å². The van der Waals surface area contributed by atoms with Gasteiger partial charge in [-0.05, 0) is 25.1 Å². The van der Waals surface area contributed by atoms with Crippen LogP contribution < -0.4 is 11.1 Å². The summed E-state index contributed by atoms with van der Waals surface area (Å²) in [6.45, 7) is 0.0293. The number of alkyl halides is 2. The van der Waals surface area contributed by atoms with Gasteiger partial charge in [-0.25, -0.2) is 13.5 Å². The van der Waals surface area contributed by atoms with E-state index in [1.807, 2.05) is 6.07 Å². The number of anilines is 1. The van der Waals surface area contributed by atoms with Crippen LogP contribution in [0, 0.1) is 11.3 Å². The predicted octanol–water partition coefficient (Wildman–Crippen LogP) is 2.94. The summed E-state index contributed by atoms with van der Waals surface area (Å²) >= 11 is 3.33. The van der Waals surface area contributed by atoms with Crippen molar-refractivity contribution in [3.8, 4) is 17.3 Å². The van der Waals surface area contributed by atoms with Crippen LogP contribution in [0.1, 0.15) is 18.0 Å². The number of nitrogens with one attached hydrogen (secondary N) is 1. The number of hydrogen-bond donors (Lipinski definition) is 2. The zero-order valence-electron chi connectivity index (χ0n) is 12.1. The third-order valence-corrected chi connectivity index (χ3v) is 4.44. The Balaban J connectivity index is 2.10. The fourth-order valence-corrected chi connectivity index (χ4v) is 2.99. The first kappa shape index (κ1) is 15.9. The number of hydrogen-bond acceptors (Lipinski definition) is 4. The van der Waals surface area contributed by atoms with Gasteiger partial charge in [-0.1, -0.05) is 28.1 Å². The number of nitrogen functional groups attached to an aromatic ring is 1. The first-order valence-corrected chi connectivity index (χ1v) is 7.86. The Morgan fingerprint density at radius 2 is 2.09 bits per heavy atom. The van der Waals surface area contributed by atoms with E-state index in [-0.39, 0.29) is 17.8 Å². The summed E-state index contributed by atoms with van der Waals surface area (Å²) in [6.07, 6.45) is 0.198. The summed E-state index contributed by atoms with van der Waals surface area (Å²) < 4.78 is 30.3. The van der Waals surface area contributed by atoms with Crippen LogP contribution in [0.4, 0.5) is 14.6 Å². The molecule has 1 saturated heterocycles. The minimum atomic E-state index is -2.97. The van der Waals surface area contributed by atoms with E-state index in [1.54, 1.807) is 24.3 Å². The number of rotatable bonds is 2. The molecule has 120 valence electrons. The molecule has 1 aliphatic rings. The van der Waals surface area contributed by atoms with Gasteiger partial charge >= 0.3 is 0 Å². The summed E-state index contributed by atoms with van der Waals surface area (Å²) in [6, 6.07) is 7.95. The van der Waals surface area contributed by atoms with Gasteiger partial charge in [-0.2, -0.15) is 10.4 Å². The molecule has 5 nitrogen and oxygen atoms in total. The zero-order valence-corrected chi connectivity index (χ0v) is 13.6. The lowest BCUT2D eigenvalue weighted by Crippen LogP contribution is -2.47. The average molecular weight is 382 g/mol. The van der Waals surface area contributed by atoms with Crippen LogP contribution in [0.5, 0.6) is 0 Å². The largest absolute Gasteiger partial charge is 0.383 e. The van der Waals surface area contributed by atoms with Crippen LogP contribution in [-0.4, -0.2) is 28.8 Å². The number of halogens is 3. The quantitative estimate of drug-likeness (QED) is 0.837. The monoisotopic (exact) mass is 381 g/mol. The van der Waals surface area contributed by atoms with Gasteiger partial charge in [0, 0.05) is 10.0 Å². The van der Waals surface area contributed by atoms with Crippen molar-refractivity contribution in [1.82, 2.24) is 15.1 Å². The van der Waals surface area contributed by atoms with Gasteiger partial charge in [-0.15, -0.1) is 0 Å². The SMILES string of the molecule is N#Cc1c(-c2ccc(Br)cc2)nn(C2CCNCC2(F)F)c1N. The summed E-state index contributed by atoms with van der Waals surface area (Å²) in [5.41, 5.74) is 7.06. The molecule has 23 heavy (non-hydrogen) atoms. The molecule has 1 atom stereocenters. The lowest BCUT2D eigenvalue weighted by atomic mass is 10.0. The molecule has 2 heterocycles. The fraction of sp³-hybridized carbons (Fsp3) is 0.333. The molecule has 0 radical (unpaired) electrons. The molecule has 8 heteroatoms. The Bertz CT molecular complexity index is 763. The highest BCUT2D eigenvalue weighted by atomic mass is 79.9. The standard InChI is InChI=1S/C15H14BrF2N5/c16-10-3-1-9(2-4-10)13-11(7-19)14(20)23(22-13)12-5-6-21-8-15(12,17)18/h1-4,12,21H,5-6,8,20H2. The van der Waals surface area contributed by atoms with E-state index in [1.165, 1.54) is 0 Å². The Hall–Kier alpha value is -1.98. The highest BCUT2D eigenvalue weighted by Gasteiger charge is 2.44. The minimum absolute atomic E-state index is 0.0167. The number of benzene rings is 1. The Kier molecular flexibility index (Phi) is 4.08. The van der Waals surface area contributed by atoms with E-state index in [4.69, 9.17) is 5.73 Å². The third-order valence-electron chi connectivity index (χ3n) is 3.91. The minimum Gasteiger partial charge on any atom is -0.383 e. The fourth-order valence-electron chi connectivity index (χ4n) is 2.73. The Morgan fingerprint density at radius 3 is 2.70 bits per heavy atom. The number of piperidine rings is 1. The van der Waals surface area contributed by atoms with Crippen molar-refractivity contribution in [2.24, 2.45) is 0 Å². The van der Waals surface area contributed by atoms with Gasteiger partial charge in [0.2, 0.25) is 0 Å². The van der Waals surface area contributed by atoms with Crippen molar-refractivity contribution < 1.29 is 8.78 Å². The van der Waals surface area contributed by atoms with Crippen LogP contribution >= 0.6 is 15.9 Å². The predicted molar refractivity (Wildman–Crippen MR) is 86.0 cm³/mol. The zero-order chi connectivity index (χ0) is 16.6. The number of nitrogens with zero attached hydrogens (tertiary/aromatic N) is 3. The van der Waals surface area contributed by atoms with Crippen molar-refractivity contribution in [1.29, 1.82) is 5.26 Å². The van der Waals surface area contributed by atoms with Gasteiger partial charge < -0.3 is 11.1 Å². The van der Waals surface area contributed by atoms with Crippen molar-refractivity contribution >= 4 is 21.7 Å². The molecule has 1 aromatic carbocycles. The number of aromatic nitrogens is 2. The molecule has 1 aliphatic heterocycles. The van der Waals surface area contributed by atoms with Gasteiger partial charge in [0.05, 0.1) is 6.54 Å². The van der Waals surface area contributed by atoms with Gasteiger partial charge in [0.25, 0.3) is 5.92 Å². The summed E-state index contributed by atoms with van der Waals surface area (Å²) in [5.74, 6) is -2.99. The molecule has 1 unspecified atom stereocenters. The summed E-state index contributed by atoms with van der Waals surface area (Å²) in [4.78, 5) is 0. The molecule has 3 rings (SSSR count). The topological polar surface area (TPSA) is 79.7 Å². The first-order chi connectivity index (χ1) is 10.9. The van der Waals surface area contributed by atoms with Crippen LogP contribution in [0.25, 0.3) is 11.3 Å². The van der Waals surface area contributed by atoms with E-state index in [0.29, 0.717) is 17.8 Å². The molecule has 1 aromatic heterocycles. The maximum Gasteiger partial charge on any atom is 0.282 e. The first-order valence-electron chi connectivity index (χ1n) is 7.06. The van der Waals surface area contributed by atoms with Crippen LogP contribution in [0.15, 0.2) is 28.7 Å². The van der Waals surface area contributed by atoms with Crippen molar-refractivity contribution in [2.45, 2.75) is 18.4 Å². The second kappa shape index (κ2) is 5.91. The molecular weight excluding hydrogens is 368 g/mol. The van der Waals surface area contributed by atoms with Gasteiger partial charge in [0.1, 0.15) is 29.2 Å². The van der Waals surface area contributed by atoms with Gasteiger partial charge in [0.15, 0.2) is 0 Å². The summed E-state index contributed by atoms with van der Waals surface area (Å²) in [7, 11) is 0. The van der Waals surface area contributed by atoms with Crippen molar-refractivity contribution in [3.05, 3.63) is 34.3 Å². The second-order valence-electron chi connectivity index (χ2n) is 5.41. The van der Waals surface area contributed by atoms with Gasteiger partial charge in [-0.3, -0.25) is 0 Å². The number of nitriles is 1. The molecule has 3 N–H and O–H groups in total. The van der Waals surface area contributed by atoms with E-state index in [0.717, 1.165) is 9.15 Å². The molecule has 0 spiro atoms. The lowest BCUT2D eigenvalue weighted by Gasteiger charge is -2.32. The Labute approximate surface area is 140 Å². The highest BCUT2D eigenvalue weighted by molar-refractivity contribution is 9.10. The molecule has 0 amide bonds. The second-order valence-corrected chi connectivity index (χ2v) is 6.33. The molecule has 2 aromatic rings. The maximum absolute atomic E-state index is 14.2. The molecule has 0 saturated carbocycles. The van der Waals surface area contributed by atoms with Crippen molar-refractivity contribution in [2.75, 3.05) is 18.8 Å². The van der Waals surface area contributed by atoms with E-state index < -0.39 is 18.5 Å². The molecular formula is C15H14BrF2N5. The van der Waals surface area contributed by atoms with E-state index in [9.17, 15) is 14.0 Å².